The molecule has 0 atom stereocenters. The summed E-state index contributed by atoms with van der Waals surface area (Å²) in [5.41, 5.74) is 0.0765. The third-order valence-corrected chi connectivity index (χ3v) is 3.28. The molecule has 0 fully saturated rings. The van der Waals surface area contributed by atoms with Crippen molar-refractivity contribution < 1.29 is 5.11 Å². The van der Waals surface area contributed by atoms with Crippen LogP contribution in [0.4, 0.5) is 0 Å². The van der Waals surface area contributed by atoms with Gasteiger partial charge in [0.25, 0.3) is 5.56 Å². The minimum absolute atomic E-state index is 0.00205. The Kier molecular flexibility index (Phi) is 3.35. The van der Waals surface area contributed by atoms with E-state index in [1.54, 1.807) is 31.3 Å². The number of para-hydroxylation sites is 1. The molecule has 19 heavy (non-hydrogen) atoms. The van der Waals surface area contributed by atoms with Gasteiger partial charge in [-0.2, -0.15) is 0 Å². The van der Waals surface area contributed by atoms with Crippen molar-refractivity contribution in [3.8, 4) is 11.6 Å². The Morgan fingerprint density at radius 3 is 2.42 bits per heavy atom. The molecule has 0 amide bonds. The third kappa shape index (κ3) is 2.10. The molecule has 0 bridgehead atoms. The molecule has 0 spiro atoms. The van der Waals surface area contributed by atoms with Gasteiger partial charge in [0.05, 0.1) is 5.69 Å². The van der Waals surface area contributed by atoms with Crippen LogP contribution in [0, 0.1) is 10.2 Å². The summed E-state index contributed by atoms with van der Waals surface area (Å²) < 4.78 is 2.80. The zero-order valence-electron chi connectivity index (χ0n) is 10.5. The molecule has 6 heteroatoms. The van der Waals surface area contributed by atoms with E-state index < -0.39 is 5.56 Å². The first kappa shape index (κ1) is 13.2. The van der Waals surface area contributed by atoms with Gasteiger partial charge in [0.15, 0.2) is 4.77 Å². The summed E-state index contributed by atoms with van der Waals surface area (Å²) in [6, 6.07) is 8.91. The highest BCUT2D eigenvalue weighted by molar-refractivity contribution is 7.71. The van der Waals surface area contributed by atoms with Crippen LogP contribution >= 0.6 is 12.2 Å². The first-order valence-electron chi connectivity index (χ1n) is 5.61. The summed E-state index contributed by atoms with van der Waals surface area (Å²) in [6.07, 6.45) is 0. The summed E-state index contributed by atoms with van der Waals surface area (Å²) in [4.78, 5) is 12.4. The van der Waals surface area contributed by atoms with Crippen LogP contribution in [0.3, 0.4) is 0 Å². The maximum Gasteiger partial charge on any atom is 0.271 e. The summed E-state index contributed by atoms with van der Waals surface area (Å²) >= 11 is 5.19. The van der Waals surface area contributed by atoms with Crippen molar-refractivity contribution in [2.75, 3.05) is 0 Å². The molecule has 0 aliphatic carbocycles. The van der Waals surface area contributed by atoms with E-state index in [1.807, 2.05) is 6.07 Å². The Hall–Kier alpha value is -2.21. The van der Waals surface area contributed by atoms with E-state index in [-0.39, 0.29) is 21.9 Å². The molecule has 98 valence electrons. The lowest BCUT2D eigenvalue weighted by Crippen LogP contribution is -2.28. The molecule has 0 aliphatic heterocycles. The van der Waals surface area contributed by atoms with Crippen molar-refractivity contribution in [1.29, 1.82) is 5.41 Å². The van der Waals surface area contributed by atoms with Crippen LogP contribution in [-0.4, -0.2) is 20.0 Å². The predicted molar refractivity (Wildman–Crippen MR) is 76.0 cm³/mol. The van der Waals surface area contributed by atoms with E-state index in [2.05, 4.69) is 0 Å². The van der Waals surface area contributed by atoms with E-state index in [9.17, 15) is 9.90 Å². The number of aromatic hydroxyl groups is 1. The highest BCUT2D eigenvalue weighted by Crippen LogP contribution is 2.15. The Bertz CT molecular complexity index is 760. The molecule has 1 aromatic carbocycles. The van der Waals surface area contributed by atoms with Crippen molar-refractivity contribution in [1.82, 2.24) is 9.13 Å². The minimum atomic E-state index is -0.487. The second-order valence-electron chi connectivity index (χ2n) is 4.14. The Morgan fingerprint density at radius 1 is 1.32 bits per heavy atom. The average molecular weight is 275 g/mol. The lowest BCUT2D eigenvalue weighted by molar-refractivity contribution is 0.417. The van der Waals surface area contributed by atoms with Gasteiger partial charge >= 0.3 is 0 Å². The van der Waals surface area contributed by atoms with Gasteiger partial charge in [-0.25, -0.2) is 0 Å². The monoisotopic (exact) mass is 275 g/mol. The summed E-state index contributed by atoms with van der Waals surface area (Å²) in [5, 5.41) is 17.6. The van der Waals surface area contributed by atoms with Crippen LogP contribution in [-0.2, 0) is 7.05 Å². The Labute approximate surface area is 114 Å². The number of aromatic nitrogens is 2. The van der Waals surface area contributed by atoms with Gasteiger partial charge in [0, 0.05) is 12.8 Å². The number of rotatable bonds is 2. The predicted octanol–water partition coefficient (Wildman–Crippen LogP) is 2.00. The SMILES string of the molecule is CC(=N)c1c(O)n(C)c(=S)n(-c2ccccc2)c1=O. The topological polar surface area (TPSA) is 71.0 Å². The molecule has 0 unspecified atom stereocenters. The largest absolute Gasteiger partial charge is 0.494 e. The first-order valence-corrected chi connectivity index (χ1v) is 6.02. The summed E-state index contributed by atoms with van der Waals surface area (Å²) in [6.45, 7) is 1.45. The lowest BCUT2D eigenvalue weighted by Gasteiger charge is -2.14. The van der Waals surface area contributed by atoms with Crippen LogP contribution < -0.4 is 5.56 Å². The van der Waals surface area contributed by atoms with Crippen LogP contribution in [0.15, 0.2) is 35.1 Å². The second kappa shape index (κ2) is 4.81. The zero-order valence-corrected chi connectivity index (χ0v) is 11.4. The molecule has 2 rings (SSSR count). The van der Waals surface area contributed by atoms with E-state index in [0.29, 0.717) is 5.69 Å². The molecule has 2 aromatic rings. The molecular weight excluding hydrogens is 262 g/mol. The number of hydrogen-bond acceptors (Lipinski definition) is 4. The zero-order chi connectivity index (χ0) is 14.2. The Balaban J connectivity index is 2.95. The van der Waals surface area contributed by atoms with Crippen molar-refractivity contribution in [2.24, 2.45) is 7.05 Å². The van der Waals surface area contributed by atoms with Crippen molar-refractivity contribution >= 4 is 17.9 Å². The smallest absolute Gasteiger partial charge is 0.271 e. The number of benzene rings is 1. The fraction of sp³-hybridized carbons (Fsp3) is 0.154. The Morgan fingerprint density at radius 2 is 1.89 bits per heavy atom. The third-order valence-electron chi connectivity index (χ3n) is 2.83. The van der Waals surface area contributed by atoms with E-state index >= 15 is 0 Å². The van der Waals surface area contributed by atoms with Gasteiger partial charge in [0.1, 0.15) is 5.56 Å². The van der Waals surface area contributed by atoms with Crippen LogP contribution in [0.25, 0.3) is 5.69 Å². The number of nitrogens with zero attached hydrogens (tertiary/aromatic N) is 2. The number of nitrogens with one attached hydrogen (secondary N) is 1. The average Bonchev–Trinajstić information content (AvgIpc) is 2.37. The summed E-state index contributed by atoms with van der Waals surface area (Å²) in [7, 11) is 1.56. The lowest BCUT2D eigenvalue weighted by atomic mass is 10.2. The van der Waals surface area contributed by atoms with Gasteiger partial charge in [-0.1, -0.05) is 18.2 Å². The van der Waals surface area contributed by atoms with Crippen molar-refractivity contribution in [3.63, 3.8) is 0 Å². The standard InChI is InChI=1S/C13H13N3O2S/c1-8(14)10-11(17)15(2)13(19)16(12(10)18)9-6-4-3-5-7-9/h3-7,14,17H,1-2H3. The highest BCUT2D eigenvalue weighted by atomic mass is 32.1. The van der Waals surface area contributed by atoms with Crippen LogP contribution in [0.2, 0.25) is 0 Å². The molecule has 0 radical (unpaired) electrons. The van der Waals surface area contributed by atoms with Gasteiger partial charge in [-0.05, 0) is 31.3 Å². The molecule has 0 saturated carbocycles. The minimum Gasteiger partial charge on any atom is -0.494 e. The van der Waals surface area contributed by atoms with Gasteiger partial charge in [0.2, 0.25) is 5.88 Å². The van der Waals surface area contributed by atoms with Crippen LogP contribution in [0.1, 0.15) is 12.5 Å². The second-order valence-corrected chi connectivity index (χ2v) is 4.51. The number of hydrogen-bond donors (Lipinski definition) is 2. The van der Waals surface area contributed by atoms with Gasteiger partial charge < -0.3 is 10.5 Å². The normalized spacial score (nSPS) is 10.4. The van der Waals surface area contributed by atoms with Crippen LogP contribution in [0.5, 0.6) is 5.88 Å². The maximum absolute atomic E-state index is 12.4. The van der Waals surface area contributed by atoms with E-state index in [4.69, 9.17) is 17.6 Å². The van der Waals surface area contributed by atoms with Gasteiger partial charge in [-0.3, -0.25) is 13.9 Å². The van der Waals surface area contributed by atoms with Crippen molar-refractivity contribution in [3.05, 3.63) is 51.0 Å². The molecule has 1 aromatic heterocycles. The fourth-order valence-corrected chi connectivity index (χ4v) is 2.11. The quantitative estimate of drug-likeness (QED) is 0.650. The van der Waals surface area contributed by atoms with E-state index in [1.165, 1.54) is 16.1 Å². The van der Waals surface area contributed by atoms with Gasteiger partial charge in [-0.15, -0.1) is 0 Å². The molecule has 0 saturated heterocycles. The maximum atomic E-state index is 12.4. The molecule has 0 aliphatic rings. The first-order chi connectivity index (χ1) is 8.95. The van der Waals surface area contributed by atoms with E-state index in [0.717, 1.165) is 0 Å². The molecule has 1 heterocycles. The molecular formula is C13H13N3O2S. The molecule has 2 N–H and O–H groups in total. The summed E-state index contributed by atoms with van der Waals surface area (Å²) in [5.74, 6) is -0.283. The fourth-order valence-electron chi connectivity index (χ4n) is 1.84. The highest BCUT2D eigenvalue weighted by Gasteiger charge is 2.17. The molecule has 5 nitrogen and oxygen atoms in total. The van der Waals surface area contributed by atoms with Crippen molar-refractivity contribution in [2.45, 2.75) is 6.92 Å².